The molecule has 0 unspecified atom stereocenters. The van der Waals surface area contributed by atoms with Crippen molar-refractivity contribution in [2.24, 2.45) is 5.92 Å². The molecule has 1 aliphatic heterocycles. The number of piperidine rings is 1. The number of rotatable bonds is 6. The molecule has 2 heterocycles. The van der Waals surface area contributed by atoms with Gasteiger partial charge in [0.2, 0.25) is 0 Å². The van der Waals surface area contributed by atoms with Crippen molar-refractivity contribution in [2.75, 3.05) is 19.7 Å². The van der Waals surface area contributed by atoms with Crippen LogP contribution in [-0.2, 0) is 0 Å². The average molecular weight is 369 g/mol. The van der Waals surface area contributed by atoms with E-state index in [2.05, 4.69) is 5.10 Å². The molecular weight excluding hydrogens is 346 g/mol. The van der Waals surface area contributed by atoms with E-state index in [-0.39, 0.29) is 17.5 Å². The second kappa shape index (κ2) is 7.42. The number of carbonyl (C=O) groups excluding carboxylic acids is 1. The molecule has 142 valence electrons. The number of para-hydroxylation sites is 1. The fraction of sp³-hybridized carbons (Fsp3) is 0.450. The monoisotopic (exact) mass is 369 g/mol. The van der Waals surface area contributed by atoms with Crippen LogP contribution in [0.25, 0.3) is 0 Å². The van der Waals surface area contributed by atoms with Crippen LogP contribution in [0.3, 0.4) is 0 Å². The normalized spacial score (nSPS) is 17.7. The van der Waals surface area contributed by atoms with Crippen LogP contribution < -0.4 is 4.74 Å². The van der Waals surface area contributed by atoms with Crippen LogP contribution in [0.1, 0.15) is 52.4 Å². The average Bonchev–Trinajstić information content (AvgIpc) is 3.39. The molecule has 0 atom stereocenters. The number of carbonyl (C=O) groups is 2. The lowest BCUT2D eigenvalue weighted by Gasteiger charge is -2.32. The van der Waals surface area contributed by atoms with Gasteiger partial charge in [-0.25, -0.2) is 4.79 Å². The zero-order chi connectivity index (χ0) is 18.8. The van der Waals surface area contributed by atoms with Gasteiger partial charge in [0, 0.05) is 19.3 Å². The molecule has 27 heavy (non-hydrogen) atoms. The Bertz CT molecular complexity index is 835. The summed E-state index contributed by atoms with van der Waals surface area (Å²) in [5.41, 5.74) is 0.805. The number of benzene rings is 1. The Morgan fingerprint density at radius 1 is 1.15 bits per heavy atom. The van der Waals surface area contributed by atoms with E-state index in [1.54, 1.807) is 10.9 Å². The molecule has 1 N–H and O–H groups in total. The highest BCUT2D eigenvalue weighted by Gasteiger charge is 2.28. The maximum atomic E-state index is 13.0. The molecule has 4 rings (SSSR count). The number of carboxylic acids is 1. The number of nitrogens with zero attached hydrogens (tertiary/aromatic N) is 3. The predicted octanol–water partition coefficient (Wildman–Crippen LogP) is 2.85. The van der Waals surface area contributed by atoms with Gasteiger partial charge < -0.3 is 14.7 Å². The third-order valence-corrected chi connectivity index (χ3v) is 5.26. The standard InChI is InChI=1S/C20H23N3O4/c24-19(17-3-1-2-4-18(17)27-13-14-5-6-14)22-9-7-16(8-10-22)23-12-15(11-21-23)20(25)26/h1-4,11-12,14,16H,5-10,13H2,(H,25,26). The second-order valence-electron chi connectivity index (χ2n) is 7.29. The molecule has 2 aromatic rings. The fourth-order valence-corrected chi connectivity index (χ4v) is 3.41. The zero-order valence-corrected chi connectivity index (χ0v) is 15.1. The van der Waals surface area contributed by atoms with Gasteiger partial charge in [0.1, 0.15) is 5.75 Å². The second-order valence-corrected chi connectivity index (χ2v) is 7.29. The minimum absolute atomic E-state index is 0.00784. The van der Waals surface area contributed by atoms with Crippen LogP contribution in [0.5, 0.6) is 5.75 Å². The Labute approximate surface area is 157 Å². The molecule has 0 radical (unpaired) electrons. The highest BCUT2D eigenvalue weighted by Crippen LogP contribution is 2.31. The summed E-state index contributed by atoms with van der Waals surface area (Å²) >= 11 is 0. The minimum Gasteiger partial charge on any atom is -0.492 e. The molecule has 0 bridgehead atoms. The molecule has 2 aliphatic rings. The fourth-order valence-electron chi connectivity index (χ4n) is 3.41. The Hall–Kier alpha value is -2.83. The summed E-state index contributed by atoms with van der Waals surface area (Å²) < 4.78 is 7.58. The predicted molar refractivity (Wildman–Crippen MR) is 98.0 cm³/mol. The maximum absolute atomic E-state index is 13.0. The Morgan fingerprint density at radius 3 is 2.56 bits per heavy atom. The zero-order valence-electron chi connectivity index (χ0n) is 15.1. The molecule has 2 fully saturated rings. The van der Waals surface area contributed by atoms with E-state index in [9.17, 15) is 9.59 Å². The van der Waals surface area contributed by atoms with Crippen molar-refractivity contribution < 1.29 is 19.4 Å². The molecule has 1 saturated carbocycles. The lowest BCUT2D eigenvalue weighted by atomic mass is 10.0. The number of aromatic nitrogens is 2. The van der Waals surface area contributed by atoms with Crippen LogP contribution in [-0.4, -0.2) is 51.4 Å². The summed E-state index contributed by atoms with van der Waals surface area (Å²) in [4.78, 5) is 25.8. The summed E-state index contributed by atoms with van der Waals surface area (Å²) in [7, 11) is 0. The van der Waals surface area contributed by atoms with E-state index in [0.29, 0.717) is 36.9 Å². The van der Waals surface area contributed by atoms with E-state index in [0.717, 1.165) is 12.8 Å². The molecule has 7 heteroatoms. The number of ether oxygens (including phenoxy) is 1. The lowest BCUT2D eigenvalue weighted by molar-refractivity contribution is 0.0684. The third kappa shape index (κ3) is 3.97. The first-order valence-corrected chi connectivity index (χ1v) is 9.40. The van der Waals surface area contributed by atoms with Gasteiger partial charge in [-0.1, -0.05) is 12.1 Å². The quantitative estimate of drug-likeness (QED) is 0.846. The molecule has 1 aliphatic carbocycles. The van der Waals surface area contributed by atoms with Gasteiger partial charge >= 0.3 is 5.97 Å². The van der Waals surface area contributed by atoms with E-state index in [1.165, 1.54) is 19.0 Å². The van der Waals surface area contributed by atoms with E-state index < -0.39 is 5.97 Å². The SMILES string of the molecule is O=C(O)c1cnn(C2CCN(C(=O)c3ccccc3OCC3CC3)CC2)c1. The highest BCUT2D eigenvalue weighted by atomic mass is 16.5. The molecule has 1 aromatic heterocycles. The smallest absolute Gasteiger partial charge is 0.338 e. The summed E-state index contributed by atoms with van der Waals surface area (Å²) in [6.45, 7) is 1.91. The Kier molecular flexibility index (Phi) is 4.83. The molecule has 1 aromatic carbocycles. The Morgan fingerprint density at radius 2 is 1.89 bits per heavy atom. The van der Waals surface area contributed by atoms with Crippen LogP contribution in [0, 0.1) is 5.92 Å². The van der Waals surface area contributed by atoms with Crippen molar-refractivity contribution in [3.8, 4) is 5.75 Å². The van der Waals surface area contributed by atoms with Gasteiger partial charge in [-0.3, -0.25) is 9.48 Å². The molecule has 1 saturated heterocycles. The first-order valence-electron chi connectivity index (χ1n) is 9.40. The van der Waals surface area contributed by atoms with E-state index in [1.807, 2.05) is 29.2 Å². The van der Waals surface area contributed by atoms with Gasteiger partial charge in [0.05, 0.1) is 30.0 Å². The van der Waals surface area contributed by atoms with Gasteiger partial charge in [-0.15, -0.1) is 0 Å². The lowest BCUT2D eigenvalue weighted by Crippen LogP contribution is -2.39. The number of hydrogen-bond donors (Lipinski definition) is 1. The number of carboxylic acid groups (broad SMARTS) is 1. The summed E-state index contributed by atoms with van der Waals surface area (Å²) in [5.74, 6) is 0.312. The van der Waals surface area contributed by atoms with Crippen LogP contribution in [0.15, 0.2) is 36.7 Å². The van der Waals surface area contributed by atoms with Crippen LogP contribution in [0.4, 0.5) is 0 Å². The van der Waals surface area contributed by atoms with Crippen molar-refractivity contribution in [2.45, 2.75) is 31.7 Å². The van der Waals surface area contributed by atoms with Gasteiger partial charge in [-0.05, 0) is 43.7 Å². The van der Waals surface area contributed by atoms with Crippen molar-refractivity contribution in [3.63, 3.8) is 0 Å². The molecule has 7 nitrogen and oxygen atoms in total. The molecule has 1 amide bonds. The number of aromatic carboxylic acids is 1. The number of amides is 1. The molecule has 0 spiro atoms. The number of likely N-dealkylation sites (tertiary alicyclic amines) is 1. The van der Waals surface area contributed by atoms with Crippen LogP contribution in [0.2, 0.25) is 0 Å². The first-order chi connectivity index (χ1) is 13.1. The summed E-state index contributed by atoms with van der Waals surface area (Å²) in [5, 5.41) is 13.2. The first kappa shape index (κ1) is 17.6. The van der Waals surface area contributed by atoms with E-state index >= 15 is 0 Å². The summed E-state index contributed by atoms with van der Waals surface area (Å²) in [6.07, 6.45) is 6.84. The van der Waals surface area contributed by atoms with Gasteiger partial charge in [0.15, 0.2) is 0 Å². The van der Waals surface area contributed by atoms with Crippen molar-refractivity contribution in [3.05, 3.63) is 47.8 Å². The number of hydrogen-bond acceptors (Lipinski definition) is 4. The van der Waals surface area contributed by atoms with E-state index in [4.69, 9.17) is 9.84 Å². The van der Waals surface area contributed by atoms with Gasteiger partial charge in [0.25, 0.3) is 5.91 Å². The summed E-state index contributed by atoms with van der Waals surface area (Å²) in [6, 6.07) is 7.55. The van der Waals surface area contributed by atoms with Crippen molar-refractivity contribution in [1.82, 2.24) is 14.7 Å². The molecular formula is C20H23N3O4. The minimum atomic E-state index is -0.975. The van der Waals surface area contributed by atoms with Gasteiger partial charge in [-0.2, -0.15) is 5.10 Å². The Balaban J connectivity index is 1.39. The third-order valence-electron chi connectivity index (χ3n) is 5.26. The highest BCUT2D eigenvalue weighted by molar-refractivity contribution is 5.97. The van der Waals surface area contributed by atoms with Crippen molar-refractivity contribution >= 4 is 11.9 Å². The largest absolute Gasteiger partial charge is 0.492 e. The van der Waals surface area contributed by atoms with Crippen LogP contribution >= 0.6 is 0 Å². The maximum Gasteiger partial charge on any atom is 0.338 e. The topological polar surface area (TPSA) is 84.7 Å². The van der Waals surface area contributed by atoms with Crippen molar-refractivity contribution in [1.29, 1.82) is 0 Å².